The summed E-state index contributed by atoms with van der Waals surface area (Å²) in [4.78, 5) is 1.71. The Balaban J connectivity index is 2.33. The molecule has 0 heterocycles. The second kappa shape index (κ2) is 4.59. The van der Waals surface area contributed by atoms with Crippen LogP contribution in [0.5, 0.6) is 5.75 Å². The number of nitrogens with two attached hydrogens (primary N) is 2. The maximum Gasteiger partial charge on any atom is 0.129 e. The Kier molecular flexibility index (Phi) is 3.15. The van der Waals surface area contributed by atoms with Gasteiger partial charge in [0.05, 0.1) is 4.90 Å². The molecular weight excluding hydrogens is 232 g/mol. The van der Waals surface area contributed by atoms with E-state index in [9.17, 15) is 5.11 Å². The molecular formula is C13H14N2OS. The van der Waals surface area contributed by atoms with Crippen LogP contribution in [-0.2, 0) is 0 Å². The number of hydrogen-bond donors (Lipinski definition) is 3. The lowest BCUT2D eigenvalue weighted by molar-refractivity contribution is 0.462. The fourth-order valence-electron chi connectivity index (χ4n) is 1.48. The third-order valence-electron chi connectivity index (χ3n) is 2.43. The Morgan fingerprint density at radius 1 is 1.12 bits per heavy atom. The lowest BCUT2D eigenvalue weighted by Crippen LogP contribution is -1.90. The largest absolute Gasteiger partial charge is 0.507 e. The summed E-state index contributed by atoms with van der Waals surface area (Å²) in [6, 6.07) is 11.0. The minimum Gasteiger partial charge on any atom is -0.507 e. The zero-order valence-corrected chi connectivity index (χ0v) is 10.3. The number of benzene rings is 2. The van der Waals surface area contributed by atoms with Crippen LogP contribution in [-0.4, -0.2) is 5.11 Å². The molecule has 88 valence electrons. The molecule has 4 heteroatoms. The van der Waals surface area contributed by atoms with Crippen LogP contribution in [0, 0.1) is 6.92 Å². The summed E-state index contributed by atoms with van der Waals surface area (Å²) in [5.74, 6) is 0.240. The predicted molar refractivity (Wildman–Crippen MR) is 72.2 cm³/mol. The van der Waals surface area contributed by atoms with Crippen molar-refractivity contribution in [1.29, 1.82) is 0 Å². The molecule has 0 spiro atoms. The van der Waals surface area contributed by atoms with Crippen molar-refractivity contribution >= 4 is 23.1 Å². The zero-order chi connectivity index (χ0) is 12.4. The molecule has 0 aromatic heterocycles. The highest BCUT2D eigenvalue weighted by molar-refractivity contribution is 7.99. The van der Waals surface area contributed by atoms with Gasteiger partial charge in [-0.2, -0.15) is 0 Å². The maximum absolute atomic E-state index is 9.84. The highest BCUT2D eigenvalue weighted by atomic mass is 32.2. The van der Waals surface area contributed by atoms with Crippen LogP contribution in [0.4, 0.5) is 11.4 Å². The first kappa shape index (κ1) is 11.7. The molecule has 0 aliphatic carbocycles. The van der Waals surface area contributed by atoms with E-state index in [-0.39, 0.29) is 5.75 Å². The summed E-state index contributed by atoms with van der Waals surface area (Å²) in [5.41, 5.74) is 13.8. The van der Waals surface area contributed by atoms with E-state index in [1.165, 1.54) is 11.8 Å². The molecule has 0 saturated heterocycles. The van der Waals surface area contributed by atoms with E-state index in [0.717, 1.165) is 15.4 Å². The molecule has 0 radical (unpaired) electrons. The van der Waals surface area contributed by atoms with Gasteiger partial charge in [-0.05, 0) is 42.8 Å². The maximum atomic E-state index is 9.84. The third kappa shape index (κ3) is 2.65. The zero-order valence-electron chi connectivity index (χ0n) is 9.47. The molecule has 0 aliphatic heterocycles. The van der Waals surface area contributed by atoms with Crippen molar-refractivity contribution in [3.05, 3.63) is 42.0 Å². The van der Waals surface area contributed by atoms with Crippen molar-refractivity contribution < 1.29 is 5.11 Å². The van der Waals surface area contributed by atoms with Gasteiger partial charge in [-0.1, -0.05) is 17.8 Å². The molecule has 0 unspecified atom stereocenters. The fraction of sp³-hybridized carbons (Fsp3) is 0.0769. The van der Waals surface area contributed by atoms with Gasteiger partial charge in [0.25, 0.3) is 0 Å². The van der Waals surface area contributed by atoms with Crippen molar-refractivity contribution in [2.75, 3.05) is 11.5 Å². The Morgan fingerprint density at radius 2 is 1.88 bits per heavy atom. The van der Waals surface area contributed by atoms with Crippen molar-refractivity contribution in [1.82, 2.24) is 0 Å². The molecule has 0 aliphatic rings. The van der Waals surface area contributed by atoms with Crippen LogP contribution in [0.3, 0.4) is 0 Å². The highest BCUT2D eigenvalue weighted by Crippen LogP contribution is 2.37. The van der Waals surface area contributed by atoms with Crippen molar-refractivity contribution in [2.45, 2.75) is 16.7 Å². The predicted octanol–water partition coefficient (Wildman–Crippen LogP) is 3.02. The smallest absolute Gasteiger partial charge is 0.129 e. The normalized spacial score (nSPS) is 10.4. The molecule has 3 nitrogen and oxygen atoms in total. The van der Waals surface area contributed by atoms with Gasteiger partial charge in [-0.15, -0.1) is 0 Å². The number of aromatic hydroxyl groups is 1. The van der Waals surface area contributed by atoms with Crippen LogP contribution in [0.2, 0.25) is 0 Å². The minimum atomic E-state index is 0.240. The number of hydrogen-bond acceptors (Lipinski definition) is 4. The first-order chi connectivity index (χ1) is 8.06. The first-order valence-corrected chi connectivity index (χ1v) is 6.00. The van der Waals surface area contributed by atoms with Crippen LogP contribution >= 0.6 is 11.8 Å². The van der Waals surface area contributed by atoms with Gasteiger partial charge in [-0.3, -0.25) is 0 Å². The van der Waals surface area contributed by atoms with E-state index >= 15 is 0 Å². The van der Waals surface area contributed by atoms with Crippen LogP contribution in [0.1, 0.15) is 5.56 Å². The molecule has 0 bridgehead atoms. The van der Waals surface area contributed by atoms with Gasteiger partial charge in [0.15, 0.2) is 0 Å². The Morgan fingerprint density at radius 3 is 2.59 bits per heavy atom. The van der Waals surface area contributed by atoms with E-state index in [1.54, 1.807) is 12.1 Å². The van der Waals surface area contributed by atoms with Gasteiger partial charge in [0, 0.05) is 16.3 Å². The van der Waals surface area contributed by atoms with E-state index in [1.807, 2.05) is 31.2 Å². The standard InChI is InChI=1S/C13H14N2OS/c1-8-5-12(16)13(7-11(8)15)17-10-4-2-3-9(14)6-10/h2-7,16H,14-15H2,1H3. The summed E-state index contributed by atoms with van der Waals surface area (Å²) < 4.78 is 0. The summed E-state index contributed by atoms with van der Waals surface area (Å²) in [5, 5.41) is 9.84. The number of rotatable bonds is 2. The summed E-state index contributed by atoms with van der Waals surface area (Å²) in [7, 11) is 0. The highest BCUT2D eigenvalue weighted by Gasteiger charge is 2.06. The SMILES string of the molecule is Cc1cc(O)c(Sc2cccc(N)c2)cc1N. The van der Waals surface area contributed by atoms with Crippen molar-refractivity contribution in [2.24, 2.45) is 0 Å². The number of phenolic OH excluding ortho intramolecular Hbond substituents is 1. The second-order valence-electron chi connectivity index (χ2n) is 3.85. The van der Waals surface area contributed by atoms with E-state index in [0.29, 0.717) is 11.4 Å². The van der Waals surface area contributed by atoms with Crippen LogP contribution in [0.15, 0.2) is 46.2 Å². The summed E-state index contributed by atoms with van der Waals surface area (Å²) >= 11 is 1.44. The number of nitrogen functional groups attached to an aromatic ring is 2. The molecule has 0 saturated carbocycles. The van der Waals surface area contributed by atoms with Crippen molar-refractivity contribution in [3.63, 3.8) is 0 Å². The fourth-order valence-corrected chi connectivity index (χ4v) is 2.42. The number of aryl methyl sites for hydroxylation is 1. The van der Waals surface area contributed by atoms with E-state index in [2.05, 4.69) is 0 Å². The average molecular weight is 246 g/mol. The minimum absolute atomic E-state index is 0.240. The first-order valence-electron chi connectivity index (χ1n) is 5.19. The Bertz CT molecular complexity index is 555. The van der Waals surface area contributed by atoms with Gasteiger partial charge in [0.1, 0.15) is 5.75 Å². The molecule has 5 N–H and O–H groups in total. The molecule has 2 rings (SSSR count). The number of anilines is 2. The molecule has 0 atom stereocenters. The number of phenols is 1. The van der Waals surface area contributed by atoms with E-state index in [4.69, 9.17) is 11.5 Å². The van der Waals surface area contributed by atoms with Gasteiger partial charge in [0.2, 0.25) is 0 Å². The Hall–Kier alpha value is -1.81. The van der Waals surface area contributed by atoms with Gasteiger partial charge in [-0.25, -0.2) is 0 Å². The van der Waals surface area contributed by atoms with Crippen LogP contribution in [0.25, 0.3) is 0 Å². The molecule has 0 fully saturated rings. The second-order valence-corrected chi connectivity index (χ2v) is 4.97. The molecule has 17 heavy (non-hydrogen) atoms. The van der Waals surface area contributed by atoms with Gasteiger partial charge >= 0.3 is 0 Å². The lowest BCUT2D eigenvalue weighted by atomic mass is 10.2. The Labute approximate surface area is 104 Å². The molecule has 2 aromatic carbocycles. The quantitative estimate of drug-likeness (QED) is 0.562. The van der Waals surface area contributed by atoms with Crippen LogP contribution < -0.4 is 11.5 Å². The van der Waals surface area contributed by atoms with E-state index < -0.39 is 0 Å². The van der Waals surface area contributed by atoms with Gasteiger partial charge < -0.3 is 16.6 Å². The lowest BCUT2D eigenvalue weighted by Gasteiger charge is -2.08. The third-order valence-corrected chi connectivity index (χ3v) is 3.47. The molecule has 2 aromatic rings. The van der Waals surface area contributed by atoms with Crippen molar-refractivity contribution in [3.8, 4) is 5.75 Å². The summed E-state index contributed by atoms with van der Waals surface area (Å²) in [6.45, 7) is 1.87. The average Bonchev–Trinajstić information content (AvgIpc) is 2.26. The summed E-state index contributed by atoms with van der Waals surface area (Å²) in [6.07, 6.45) is 0. The molecule has 0 amide bonds. The topological polar surface area (TPSA) is 72.3 Å². The monoisotopic (exact) mass is 246 g/mol.